The number of benzene rings is 1. The van der Waals surface area contributed by atoms with Crippen LogP contribution in [0.4, 0.5) is 8.78 Å². The topological polar surface area (TPSA) is 23.5 Å². The summed E-state index contributed by atoms with van der Waals surface area (Å²) in [6.45, 7) is 2.81. The van der Waals surface area contributed by atoms with Gasteiger partial charge in [0, 0.05) is 12.1 Å². The normalized spacial score (nSPS) is 18.8. The van der Waals surface area contributed by atoms with Crippen LogP contribution in [0.3, 0.4) is 0 Å². The van der Waals surface area contributed by atoms with Crippen molar-refractivity contribution in [1.29, 1.82) is 0 Å². The number of hydrogen-bond donors (Lipinski definition) is 1. The molecule has 1 atom stereocenters. The summed E-state index contributed by atoms with van der Waals surface area (Å²) < 4.78 is 26.5. The minimum atomic E-state index is -0.928. The van der Waals surface area contributed by atoms with Gasteiger partial charge >= 0.3 is 0 Å². The van der Waals surface area contributed by atoms with E-state index < -0.39 is 17.7 Å². The average Bonchev–Trinajstić information content (AvgIpc) is 2.40. The van der Waals surface area contributed by atoms with Gasteiger partial charge in [0.05, 0.1) is 6.10 Å². The van der Waals surface area contributed by atoms with Crippen LogP contribution >= 0.6 is 0 Å². The number of hydrogen-bond acceptors (Lipinski definition) is 2. The van der Waals surface area contributed by atoms with Crippen molar-refractivity contribution in [3.05, 3.63) is 35.4 Å². The van der Waals surface area contributed by atoms with Crippen LogP contribution in [0.25, 0.3) is 0 Å². The molecule has 1 aromatic rings. The Balaban J connectivity index is 1.90. The number of piperidine rings is 1. The predicted molar refractivity (Wildman–Crippen MR) is 66.2 cm³/mol. The Hall–Kier alpha value is -1.00. The lowest BCUT2D eigenvalue weighted by atomic mass is 10.0. The second-order valence-electron chi connectivity index (χ2n) is 4.85. The molecule has 0 spiro atoms. The molecule has 1 saturated heterocycles. The maximum Gasteiger partial charge on any atom is 0.164 e. The Kier molecular flexibility index (Phi) is 4.66. The van der Waals surface area contributed by atoms with E-state index in [0.717, 1.165) is 25.7 Å². The van der Waals surface area contributed by atoms with Gasteiger partial charge in [-0.25, -0.2) is 8.78 Å². The Morgan fingerprint density at radius 1 is 1.17 bits per heavy atom. The Labute approximate surface area is 106 Å². The zero-order chi connectivity index (χ0) is 13.0. The van der Waals surface area contributed by atoms with Crippen LogP contribution < -0.4 is 0 Å². The van der Waals surface area contributed by atoms with Gasteiger partial charge in [-0.15, -0.1) is 0 Å². The molecule has 0 aliphatic carbocycles. The molecule has 0 aromatic heterocycles. The molecular formula is C14H19F2NO. The minimum Gasteiger partial charge on any atom is -0.388 e. The van der Waals surface area contributed by atoms with Gasteiger partial charge in [0.25, 0.3) is 0 Å². The van der Waals surface area contributed by atoms with Gasteiger partial charge in [-0.05, 0) is 38.4 Å². The molecule has 1 fully saturated rings. The predicted octanol–water partition coefficient (Wildman–Crippen LogP) is 2.87. The molecule has 100 valence electrons. The van der Waals surface area contributed by atoms with E-state index in [1.807, 2.05) is 0 Å². The van der Waals surface area contributed by atoms with E-state index in [-0.39, 0.29) is 5.56 Å². The summed E-state index contributed by atoms with van der Waals surface area (Å²) >= 11 is 0. The molecule has 1 aliphatic heterocycles. The van der Waals surface area contributed by atoms with E-state index in [4.69, 9.17) is 0 Å². The van der Waals surface area contributed by atoms with Crippen LogP contribution in [0.15, 0.2) is 18.2 Å². The molecule has 2 rings (SSSR count). The zero-order valence-corrected chi connectivity index (χ0v) is 10.4. The first kappa shape index (κ1) is 13.4. The first-order chi connectivity index (χ1) is 8.68. The van der Waals surface area contributed by atoms with E-state index in [1.165, 1.54) is 31.4 Å². The van der Waals surface area contributed by atoms with Crippen LogP contribution in [0, 0.1) is 11.6 Å². The second kappa shape index (κ2) is 6.25. The van der Waals surface area contributed by atoms with Crippen LogP contribution in [0.2, 0.25) is 0 Å². The van der Waals surface area contributed by atoms with E-state index in [0.29, 0.717) is 6.42 Å². The number of nitrogens with zero attached hydrogens (tertiary/aromatic N) is 1. The molecule has 1 aliphatic rings. The van der Waals surface area contributed by atoms with E-state index in [9.17, 15) is 13.9 Å². The molecule has 1 aromatic carbocycles. The van der Waals surface area contributed by atoms with Gasteiger partial charge < -0.3 is 10.0 Å². The minimum absolute atomic E-state index is 0.0620. The highest BCUT2D eigenvalue weighted by atomic mass is 19.2. The molecule has 18 heavy (non-hydrogen) atoms. The van der Waals surface area contributed by atoms with Crippen molar-refractivity contribution >= 4 is 0 Å². The van der Waals surface area contributed by atoms with Gasteiger partial charge in [-0.1, -0.05) is 18.6 Å². The lowest BCUT2D eigenvalue weighted by Gasteiger charge is -2.27. The fraction of sp³-hybridized carbons (Fsp3) is 0.571. The average molecular weight is 255 g/mol. The molecule has 0 bridgehead atoms. The monoisotopic (exact) mass is 255 g/mol. The van der Waals surface area contributed by atoms with E-state index >= 15 is 0 Å². The third-order valence-corrected chi connectivity index (χ3v) is 3.51. The maximum atomic E-state index is 13.5. The van der Waals surface area contributed by atoms with Crippen molar-refractivity contribution in [2.24, 2.45) is 0 Å². The summed E-state index contributed by atoms with van der Waals surface area (Å²) in [7, 11) is 0. The van der Waals surface area contributed by atoms with Crippen molar-refractivity contribution in [1.82, 2.24) is 4.90 Å². The molecule has 0 radical (unpaired) electrons. The van der Waals surface area contributed by atoms with Gasteiger partial charge in [-0.3, -0.25) is 0 Å². The van der Waals surface area contributed by atoms with Gasteiger partial charge in [0.1, 0.15) is 0 Å². The van der Waals surface area contributed by atoms with Crippen molar-refractivity contribution in [3.8, 4) is 0 Å². The number of aliphatic hydroxyl groups is 1. The SMILES string of the molecule is OC(CCN1CCCCC1)c1cccc(F)c1F. The summed E-state index contributed by atoms with van der Waals surface area (Å²) in [5, 5.41) is 9.92. The van der Waals surface area contributed by atoms with Crippen molar-refractivity contribution in [2.75, 3.05) is 19.6 Å². The number of aliphatic hydroxyl groups excluding tert-OH is 1. The van der Waals surface area contributed by atoms with Crippen LogP contribution in [-0.4, -0.2) is 29.6 Å². The van der Waals surface area contributed by atoms with Gasteiger partial charge in [-0.2, -0.15) is 0 Å². The first-order valence-electron chi connectivity index (χ1n) is 6.53. The second-order valence-corrected chi connectivity index (χ2v) is 4.85. The van der Waals surface area contributed by atoms with E-state index in [1.54, 1.807) is 0 Å². The lowest BCUT2D eigenvalue weighted by molar-refractivity contribution is 0.130. The van der Waals surface area contributed by atoms with Crippen LogP contribution in [0.1, 0.15) is 37.4 Å². The molecule has 1 N–H and O–H groups in total. The zero-order valence-electron chi connectivity index (χ0n) is 10.4. The number of rotatable bonds is 4. The van der Waals surface area contributed by atoms with Gasteiger partial charge in [0.15, 0.2) is 11.6 Å². The standard InChI is InChI=1S/C14H19F2NO/c15-12-6-4-5-11(14(12)16)13(18)7-10-17-8-2-1-3-9-17/h4-6,13,18H,1-3,7-10H2. The van der Waals surface area contributed by atoms with Crippen LogP contribution in [0.5, 0.6) is 0 Å². The largest absolute Gasteiger partial charge is 0.388 e. The Morgan fingerprint density at radius 3 is 2.61 bits per heavy atom. The fourth-order valence-electron chi connectivity index (χ4n) is 2.42. The molecule has 1 unspecified atom stereocenters. The van der Waals surface area contributed by atoms with Crippen LogP contribution in [-0.2, 0) is 0 Å². The fourth-order valence-corrected chi connectivity index (χ4v) is 2.42. The number of likely N-dealkylation sites (tertiary alicyclic amines) is 1. The molecule has 0 amide bonds. The van der Waals surface area contributed by atoms with Crippen molar-refractivity contribution < 1.29 is 13.9 Å². The van der Waals surface area contributed by atoms with Crippen molar-refractivity contribution in [2.45, 2.75) is 31.8 Å². The molecular weight excluding hydrogens is 236 g/mol. The smallest absolute Gasteiger partial charge is 0.164 e. The maximum absolute atomic E-state index is 13.5. The highest BCUT2D eigenvalue weighted by molar-refractivity contribution is 5.21. The molecule has 4 heteroatoms. The van der Waals surface area contributed by atoms with Crippen molar-refractivity contribution in [3.63, 3.8) is 0 Å². The third kappa shape index (κ3) is 3.27. The van der Waals surface area contributed by atoms with E-state index in [2.05, 4.69) is 4.90 Å². The highest BCUT2D eigenvalue weighted by Gasteiger charge is 2.17. The summed E-state index contributed by atoms with van der Waals surface area (Å²) in [5.74, 6) is -1.83. The quantitative estimate of drug-likeness (QED) is 0.894. The number of halogens is 2. The molecule has 2 nitrogen and oxygen atoms in total. The summed E-state index contributed by atoms with van der Waals surface area (Å²) in [5.41, 5.74) is 0.0620. The Morgan fingerprint density at radius 2 is 1.89 bits per heavy atom. The summed E-state index contributed by atoms with van der Waals surface area (Å²) in [4.78, 5) is 2.27. The summed E-state index contributed by atoms with van der Waals surface area (Å²) in [6, 6.07) is 3.94. The third-order valence-electron chi connectivity index (χ3n) is 3.51. The molecule has 1 heterocycles. The highest BCUT2D eigenvalue weighted by Crippen LogP contribution is 2.22. The lowest BCUT2D eigenvalue weighted by Crippen LogP contribution is -2.31. The van der Waals surface area contributed by atoms with Gasteiger partial charge in [0.2, 0.25) is 0 Å². The Bertz CT molecular complexity index is 391. The first-order valence-corrected chi connectivity index (χ1v) is 6.53. The summed E-state index contributed by atoms with van der Waals surface area (Å²) in [6.07, 6.45) is 3.15. The molecule has 0 saturated carbocycles.